The van der Waals surface area contributed by atoms with Gasteiger partial charge in [0.2, 0.25) is 0 Å². The zero-order valence-electron chi connectivity index (χ0n) is 17.3. The molecule has 2 aromatic rings. The summed E-state index contributed by atoms with van der Waals surface area (Å²) < 4.78 is 0. The molecule has 1 saturated heterocycles. The first kappa shape index (κ1) is 21.3. The highest BCUT2D eigenvalue weighted by Gasteiger charge is 2.23. The van der Waals surface area contributed by atoms with E-state index < -0.39 is 10.8 Å². The number of nitro benzene ring substituents is 1. The molecule has 3 rings (SSSR count). The van der Waals surface area contributed by atoms with Crippen molar-refractivity contribution >= 4 is 28.9 Å². The van der Waals surface area contributed by atoms with Crippen molar-refractivity contribution in [1.82, 2.24) is 4.90 Å². The molecule has 1 aliphatic heterocycles. The molecule has 0 unspecified atom stereocenters. The molecule has 8 nitrogen and oxygen atoms in total. The lowest BCUT2D eigenvalue weighted by atomic mass is 10.1. The molecule has 0 saturated carbocycles. The van der Waals surface area contributed by atoms with Gasteiger partial charge in [0.25, 0.3) is 17.5 Å². The van der Waals surface area contributed by atoms with Crippen LogP contribution in [-0.2, 0) is 0 Å². The standard InChI is InChI=1S/C22H26N4O4/c1-3-24(4-2)22(28)16-8-7-9-17(14-16)23-21(27)19-15-18(26(29)30)10-11-20(19)25-12-5-6-13-25/h7-11,14-15H,3-6,12-13H2,1-2H3,(H,23,27). The number of nitrogens with one attached hydrogen (secondary N) is 1. The molecule has 8 heteroatoms. The lowest BCUT2D eigenvalue weighted by molar-refractivity contribution is -0.384. The van der Waals surface area contributed by atoms with E-state index >= 15 is 0 Å². The highest BCUT2D eigenvalue weighted by Crippen LogP contribution is 2.29. The Bertz CT molecular complexity index is 950. The second-order valence-corrected chi connectivity index (χ2v) is 7.17. The number of hydrogen-bond acceptors (Lipinski definition) is 5. The Morgan fingerprint density at radius 1 is 1.10 bits per heavy atom. The summed E-state index contributed by atoms with van der Waals surface area (Å²) in [6, 6.07) is 11.1. The summed E-state index contributed by atoms with van der Waals surface area (Å²) >= 11 is 0. The number of nitrogens with zero attached hydrogens (tertiary/aromatic N) is 3. The molecule has 1 fully saturated rings. The van der Waals surface area contributed by atoms with Crippen LogP contribution >= 0.6 is 0 Å². The van der Waals surface area contributed by atoms with Gasteiger partial charge in [0.05, 0.1) is 16.2 Å². The number of carbonyl (C=O) groups excluding carboxylic acids is 2. The van der Waals surface area contributed by atoms with Crippen molar-refractivity contribution < 1.29 is 14.5 Å². The van der Waals surface area contributed by atoms with Crippen molar-refractivity contribution in [3.8, 4) is 0 Å². The number of hydrogen-bond donors (Lipinski definition) is 1. The van der Waals surface area contributed by atoms with Gasteiger partial charge in [-0.1, -0.05) is 6.07 Å². The van der Waals surface area contributed by atoms with Crippen molar-refractivity contribution in [1.29, 1.82) is 0 Å². The van der Waals surface area contributed by atoms with Gasteiger partial charge in [-0.05, 0) is 51.0 Å². The average molecular weight is 410 g/mol. The van der Waals surface area contributed by atoms with Gasteiger partial charge in [-0.15, -0.1) is 0 Å². The number of rotatable bonds is 7. The molecule has 0 atom stereocenters. The van der Waals surface area contributed by atoms with Crippen LogP contribution in [0.2, 0.25) is 0 Å². The topological polar surface area (TPSA) is 95.8 Å². The summed E-state index contributed by atoms with van der Waals surface area (Å²) in [5.41, 5.74) is 1.76. The summed E-state index contributed by atoms with van der Waals surface area (Å²) in [5.74, 6) is -0.544. The van der Waals surface area contributed by atoms with Crippen LogP contribution in [0.25, 0.3) is 0 Å². The summed E-state index contributed by atoms with van der Waals surface area (Å²) in [4.78, 5) is 40.1. The number of benzene rings is 2. The maximum Gasteiger partial charge on any atom is 0.270 e. The summed E-state index contributed by atoms with van der Waals surface area (Å²) in [7, 11) is 0. The Kier molecular flexibility index (Phi) is 6.66. The molecular formula is C22H26N4O4. The van der Waals surface area contributed by atoms with Crippen LogP contribution in [0.4, 0.5) is 17.1 Å². The van der Waals surface area contributed by atoms with Crippen LogP contribution in [0.15, 0.2) is 42.5 Å². The molecule has 1 heterocycles. The van der Waals surface area contributed by atoms with E-state index in [-0.39, 0.29) is 17.2 Å². The third-order valence-corrected chi connectivity index (χ3v) is 5.30. The van der Waals surface area contributed by atoms with Crippen molar-refractivity contribution in [2.24, 2.45) is 0 Å². The maximum absolute atomic E-state index is 13.0. The first-order valence-corrected chi connectivity index (χ1v) is 10.2. The Hall–Kier alpha value is -3.42. The van der Waals surface area contributed by atoms with Crippen LogP contribution in [0, 0.1) is 10.1 Å². The van der Waals surface area contributed by atoms with E-state index in [0.717, 1.165) is 25.9 Å². The molecule has 2 amide bonds. The maximum atomic E-state index is 13.0. The van der Waals surface area contributed by atoms with Crippen LogP contribution in [-0.4, -0.2) is 47.8 Å². The lowest BCUT2D eigenvalue weighted by Crippen LogP contribution is -2.30. The minimum Gasteiger partial charge on any atom is -0.371 e. The summed E-state index contributed by atoms with van der Waals surface area (Å²) in [6.07, 6.45) is 2.04. The Balaban J connectivity index is 1.88. The van der Waals surface area contributed by atoms with Gasteiger partial charge >= 0.3 is 0 Å². The van der Waals surface area contributed by atoms with Gasteiger partial charge in [0, 0.05) is 49.6 Å². The summed E-state index contributed by atoms with van der Waals surface area (Å²) in [5, 5.41) is 14.0. The van der Waals surface area contributed by atoms with Gasteiger partial charge in [-0.25, -0.2) is 0 Å². The molecule has 0 spiro atoms. The van der Waals surface area contributed by atoms with Crippen molar-refractivity contribution in [3.05, 3.63) is 63.7 Å². The fourth-order valence-corrected chi connectivity index (χ4v) is 3.68. The van der Waals surface area contributed by atoms with E-state index in [1.165, 1.54) is 12.1 Å². The Morgan fingerprint density at radius 3 is 2.43 bits per heavy atom. The molecule has 2 aromatic carbocycles. The molecule has 30 heavy (non-hydrogen) atoms. The lowest BCUT2D eigenvalue weighted by Gasteiger charge is -2.21. The molecule has 0 aromatic heterocycles. The van der Waals surface area contributed by atoms with E-state index in [1.54, 1.807) is 35.2 Å². The van der Waals surface area contributed by atoms with E-state index in [9.17, 15) is 19.7 Å². The number of carbonyl (C=O) groups is 2. The van der Waals surface area contributed by atoms with Crippen LogP contribution in [0.5, 0.6) is 0 Å². The predicted molar refractivity (Wildman–Crippen MR) is 116 cm³/mol. The highest BCUT2D eigenvalue weighted by atomic mass is 16.6. The number of non-ortho nitro benzene ring substituents is 1. The SMILES string of the molecule is CCN(CC)C(=O)c1cccc(NC(=O)c2cc([N+](=O)[O-])ccc2N2CCCC2)c1. The average Bonchev–Trinajstić information content (AvgIpc) is 3.29. The first-order chi connectivity index (χ1) is 14.4. The minimum absolute atomic E-state index is 0.107. The molecule has 158 valence electrons. The first-order valence-electron chi connectivity index (χ1n) is 10.2. The van der Waals surface area contributed by atoms with E-state index in [0.29, 0.717) is 30.0 Å². The van der Waals surface area contributed by atoms with E-state index in [2.05, 4.69) is 10.2 Å². The molecule has 0 radical (unpaired) electrons. The largest absolute Gasteiger partial charge is 0.371 e. The van der Waals surface area contributed by atoms with Gasteiger partial charge in [0.1, 0.15) is 0 Å². The number of anilines is 2. The second-order valence-electron chi connectivity index (χ2n) is 7.17. The molecule has 0 aliphatic carbocycles. The molecule has 0 bridgehead atoms. The van der Waals surface area contributed by atoms with Gasteiger partial charge in [-0.3, -0.25) is 19.7 Å². The van der Waals surface area contributed by atoms with Gasteiger partial charge in [0.15, 0.2) is 0 Å². The van der Waals surface area contributed by atoms with E-state index in [4.69, 9.17) is 0 Å². The molecular weight excluding hydrogens is 384 g/mol. The summed E-state index contributed by atoms with van der Waals surface area (Å²) in [6.45, 7) is 6.64. The third-order valence-electron chi connectivity index (χ3n) is 5.30. The minimum atomic E-state index is -0.506. The van der Waals surface area contributed by atoms with Crippen LogP contribution in [0.3, 0.4) is 0 Å². The third kappa shape index (κ3) is 4.59. The Labute approximate surface area is 175 Å². The van der Waals surface area contributed by atoms with E-state index in [1.807, 2.05) is 13.8 Å². The smallest absolute Gasteiger partial charge is 0.270 e. The van der Waals surface area contributed by atoms with Gasteiger partial charge in [-0.2, -0.15) is 0 Å². The number of amides is 2. The van der Waals surface area contributed by atoms with Crippen LogP contribution < -0.4 is 10.2 Å². The Morgan fingerprint density at radius 2 is 1.80 bits per heavy atom. The van der Waals surface area contributed by atoms with Crippen molar-refractivity contribution in [2.45, 2.75) is 26.7 Å². The van der Waals surface area contributed by atoms with Crippen LogP contribution in [0.1, 0.15) is 47.4 Å². The van der Waals surface area contributed by atoms with Gasteiger partial charge < -0.3 is 15.1 Å². The fourth-order valence-electron chi connectivity index (χ4n) is 3.68. The quantitative estimate of drug-likeness (QED) is 0.551. The fraction of sp³-hybridized carbons (Fsp3) is 0.364. The highest BCUT2D eigenvalue weighted by molar-refractivity contribution is 6.09. The number of nitro groups is 1. The molecule has 1 aliphatic rings. The predicted octanol–water partition coefficient (Wildman–Crippen LogP) is 3.93. The zero-order chi connectivity index (χ0) is 21.7. The van der Waals surface area contributed by atoms with Crippen molar-refractivity contribution in [3.63, 3.8) is 0 Å². The normalized spacial score (nSPS) is 13.2. The van der Waals surface area contributed by atoms with Crippen molar-refractivity contribution in [2.75, 3.05) is 36.4 Å². The monoisotopic (exact) mass is 410 g/mol. The zero-order valence-corrected chi connectivity index (χ0v) is 17.3. The second kappa shape index (κ2) is 9.39. The molecule has 1 N–H and O–H groups in total.